The van der Waals surface area contributed by atoms with Crippen molar-refractivity contribution >= 4 is 22.4 Å². The zero-order valence-electron chi connectivity index (χ0n) is 14.5. The van der Waals surface area contributed by atoms with E-state index in [2.05, 4.69) is 16.0 Å². The monoisotopic (exact) mass is 367 g/mol. The summed E-state index contributed by atoms with van der Waals surface area (Å²) in [5.74, 6) is 1.22. The van der Waals surface area contributed by atoms with Gasteiger partial charge in [0.1, 0.15) is 5.75 Å². The zero-order valence-corrected chi connectivity index (χ0v) is 15.3. The molecule has 1 fully saturated rings. The minimum Gasteiger partial charge on any atom is -0.489 e. The number of rotatable bonds is 4. The van der Waals surface area contributed by atoms with Gasteiger partial charge in [-0.25, -0.2) is 0 Å². The van der Waals surface area contributed by atoms with Crippen molar-refractivity contribution in [2.24, 2.45) is 11.7 Å². The average Bonchev–Trinajstić information content (AvgIpc) is 2.69. The van der Waals surface area contributed by atoms with E-state index >= 15 is 0 Å². The van der Waals surface area contributed by atoms with Crippen LogP contribution in [-0.4, -0.2) is 16.1 Å². The summed E-state index contributed by atoms with van der Waals surface area (Å²) >= 11 is 6.40. The molecule has 0 bridgehead atoms. The molecule has 0 radical (unpaired) electrons. The summed E-state index contributed by atoms with van der Waals surface area (Å²) in [6.07, 6.45) is 11.5. The van der Waals surface area contributed by atoms with E-state index in [0.29, 0.717) is 10.9 Å². The van der Waals surface area contributed by atoms with Crippen molar-refractivity contribution < 1.29 is 4.74 Å². The van der Waals surface area contributed by atoms with Crippen LogP contribution in [0.4, 0.5) is 0 Å². The van der Waals surface area contributed by atoms with Gasteiger partial charge in [0.15, 0.2) is 0 Å². The molecule has 4 rings (SSSR count). The SMILES string of the molecule is NC(c1cccnc1)C1CCC(Oc2cc3ccncc3cc2Cl)CC1. The van der Waals surface area contributed by atoms with Crippen LogP contribution in [0.5, 0.6) is 5.75 Å². The highest BCUT2D eigenvalue weighted by atomic mass is 35.5. The van der Waals surface area contributed by atoms with E-state index in [1.54, 1.807) is 12.4 Å². The number of pyridine rings is 2. The van der Waals surface area contributed by atoms with Crippen molar-refractivity contribution in [1.29, 1.82) is 0 Å². The van der Waals surface area contributed by atoms with E-state index in [0.717, 1.165) is 47.8 Å². The Kier molecular flexibility index (Phi) is 5.05. The predicted octanol–water partition coefficient (Wildman–Crippen LogP) is 4.92. The van der Waals surface area contributed by atoms with E-state index in [4.69, 9.17) is 22.1 Å². The Bertz CT molecular complexity index is 879. The van der Waals surface area contributed by atoms with Gasteiger partial charge in [0.05, 0.1) is 11.1 Å². The van der Waals surface area contributed by atoms with E-state index in [1.165, 1.54) is 0 Å². The molecule has 0 aliphatic heterocycles. The third-order valence-corrected chi connectivity index (χ3v) is 5.58. The molecule has 0 amide bonds. The van der Waals surface area contributed by atoms with Gasteiger partial charge in [-0.2, -0.15) is 0 Å². The Morgan fingerprint density at radius 1 is 1.00 bits per heavy atom. The van der Waals surface area contributed by atoms with Crippen LogP contribution < -0.4 is 10.5 Å². The number of ether oxygens (including phenoxy) is 1. The lowest BCUT2D eigenvalue weighted by atomic mass is 9.81. The zero-order chi connectivity index (χ0) is 17.9. The molecule has 1 atom stereocenters. The van der Waals surface area contributed by atoms with Crippen LogP contribution in [0.2, 0.25) is 5.02 Å². The Morgan fingerprint density at radius 3 is 2.58 bits per heavy atom. The molecule has 0 saturated heterocycles. The van der Waals surface area contributed by atoms with Gasteiger partial charge in [0.2, 0.25) is 0 Å². The molecule has 1 aliphatic carbocycles. The molecule has 1 unspecified atom stereocenters. The molecule has 1 aliphatic rings. The summed E-state index contributed by atoms with van der Waals surface area (Å²) in [4.78, 5) is 8.32. The van der Waals surface area contributed by atoms with Gasteiger partial charge in [-0.3, -0.25) is 9.97 Å². The van der Waals surface area contributed by atoms with Crippen LogP contribution in [0.15, 0.2) is 55.1 Å². The van der Waals surface area contributed by atoms with Crippen LogP contribution in [0.3, 0.4) is 0 Å². The van der Waals surface area contributed by atoms with Crippen LogP contribution in [0.1, 0.15) is 37.3 Å². The van der Waals surface area contributed by atoms with Crippen LogP contribution in [0, 0.1) is 5.92 Å². The highest BCUT2D eigenvalue weighted by Crippen LogP contribution is 2.36. The van der Waals surface area contributed by atoms with E-state index in [1.807, 2.05) is 36.7 Å². The highest BCUT2D eigenvalue weighted by Gasteiger charge is 2.27. The molecule has 2 aromatic heterocycles. The van der Waals surface area contributed by atoms with Gasteiger partial charge in [0.25, 0.3) is 0 Å². The first-order valence-electron chi connectivity index (χ1n) is 9.06. The maximum atomic E-state index is 6.45. The molecule has 0 spiro atoms. The van der Waals surface area contributed by atoms with Crippen molar-refractivity contribution in [3.8, 4) is 5.75 Å². The molecule has 3 aromatic rings. The number of nitrogens with two attached hydrogens (primary N) is 1. The fraction of sp³-hybridized carbons (Fsp3) is 0.333. The summed E-state index contributed by atoms with van der Waals surface area (Å²) in [6.45, 7) is 0. The predicted molar refractivity (Wildman–Crippen MR) is 104 cm³/mol. The number of benzene rings is 1. The first-order chi connectivity index (χ1) is 12.7. The van der Waals surface area contributed by atoms with Crippen LogP contribution >= 0.6 is 11.6 Å². The normalized spacial score (nSPS) is 21.5. The van der Waals surface area contributed by atoms with Gasteiger partial charge >= 0.3 is 0 Å². The van der Waals surface area contributed by atoms with Crippen molar-refractivity contribution in [1.82, 2.24) is 9.97 Å². The number of hydrogen-bond donors (Lipinski definition) is 1. The second kappa shape index (κ2) is 7.60. The lowest BCUT2D eigenvalue weighted by Gasteiger charge is -2.32. The number of nitrogens with zero attached hydrogens (tertiary/aromatic N) is 2. The van der Waals surface area contributed by atoms with Gasteiger partial charge in [-0.05, 0) is 66.8 Å². The molecule has 1 aromatic carbocycles. The Labute approximate surface area is 158 Å². The van der Waals surface area contributed by atoms with Crippen molar-refractivity contribution in [2.45, 2.75) is 37.8 Å². The molecular weight excluding hydrogens is 346 g/mol. The first kappa shape index (κ1) is 17.3. The highest BCUT2D eigenvalue weighted by molar-refractivity contribution is 6.32. The summed E-state index contributed by atoms with van der Waals surface area (Å²) < 4.78 is 6.22. The quantitative estimate of drug-likeness (QED) is 0.710. The minimum atomic E-state index is 0.0430. The fourth-order valence-corrected chi connectivity index (χ4v) is 3.98. The lowest BCUT2D eigenvalue weighted by molar-refractivity contribution is 0.123. The molecule has 26 heavy (non-hydrogen) atoms. The second-order valence-electron chi connectivity index (χ2n) is 6.97. The number of fused-ring (bicyclic) bond motifs is 1. The Hall–Kier alpha value is -2.17. The van der Waals surface area contributed by atoms with Crippen LogP contribution in [0.25, 0.3) is 10.8 Å². The number of aromatic nitrogens is 2. The molecule has 4 nitrogen and oxygen atoms in total. The van der Waals surface area contributed by atoms with Gasteiger partial charge in [-0.15, -0.1) is 0 Å². The van der Waals surface area contributed by atoms with Crippen molar-refractivity contribution in [3.63, 3.8) is 0 Å². The molecule has 134 valence electrons. The van der Waals surface area contributed by atoms with Crippen LogP contribution in [-0.2, 0) is 0 Å². The second-order valence-corrected chi connectivity index (χ2v) is 7.38. The maximum Gasteiger partial charge on any atom is 0.138 e. The lowest BCUT2D eigenvalue weighted by Crippen LogP contribution is -2.30. The summed E-state index contributed by atoms with van der Waals surface area (Å²) in [6, 6.07) is 9.95. The Morgan fingerprint density at radius 2 is 1.81 bits per heavy atom. The van der Waals surface area contributed by atoms with Gasteiger partial charge in [-0.1, -0.05) is 17.7 Å². The molecule has 2 N–H and O–H groups in total. The molecular formula is C21H22ClN3O. The third kappa shape index (κ3) is 3.67. The minimum absolute atomic E-state index is 0.0430. The van der Waals surface area contributed by atoms with Gasteiger partial charge in [0, 0.05) is 36.2 Å². The maximum absolute atomic E-state index is 6.45. The largest absolute Gasteiger partial charge is 0.489 e. The third-order valence-electron chi connectivity index (χ3n) is 5.28. The topological polar surface area (TPSA) is 61.0 Å². The average molecular weight is 368 g/mol. The molecule has 5 heteroatoms. The summed E-state index contributed by atoms with van der Waals surface area (Å²) in [7, 11) is 0. The van der Waals surface area contributed by atoms with Crippen molar-refractivity contribution in [3.05, 3.63) is 65.7 Å². The fourth-order valence-electron chi connectivity index (χ4n) is 3.77. The first-order valence-corrected chi connectivity index (χ1v) is 9.44. The van der Waals surface area contributed by atoms with E-state index in [9.17, 15) is 0 Å². The van der Waals surface area contributed by atoms with E-state index < -0.39 is 0 Å². The number of halogens is 1. The Balaban J connectivity index is 1.40. The smallest absolute Gasteiger partial charge is 0.138 e. The molecule has 1 saturated carbocycles. The van der Waals surface area contributed by atoms with E-state index in [-0.39, 0.29) is 12.1 Å². The van der Waals surface area contributed by atoms with Gasteiger partial charge < -0.3 is 10.5 Å². The summed E-state index contributed by atoms with van der Waals surface area (Å²) in [5.41, 5.74) is 7.56. The standard InChI is InChI=1S/C21H22ClN3O/c22-19-10-17-13-25-9-7-15(17)11-20(19)26-18-5-3-14(4-6-18)21(23)16-2-1-8-24-12-16/h1-2,7-14,18,21H,3-6,23H2. The van der Waals surface area contributed by atoms with Crippen molar-refractivity contribution in [2.75, 3.05) is 0 Å². The summed E-state index contributed by atoms with van der Waals surface area (Å²) in [5, 5.41) is 2.75. The molecule has 2 heterocycles. The number of hydrogen-bond acceptors (Lipinski definition) is 4.